The summed E-state index contributed by atoms with van der Waals surface area (Å²) in [7, 11) is 0. The zero-order valence-electron chi connectivity index (χ0n) is 13.8. The summed E-state index contributed by atoms with van der Waals surface area (Å²) in [6.45, 7) is 5.81. The van der Waals surface area contributed by atoms with E-state index in [1.54, 1.807) is 0 Å². The Balaban J connectivity index is 1.68. The Labute approximate surface area is 141 Å². The van der Waals surface area contributed by atoms with Gasteiger partial charge in [0.1, 0.15) is 5.82 Å². The number of aromatic nitrogens is 2. The van der Waals surface area contributed by atoms with E-state index in [-0.39, 0.29) is 6.61 Å². The highest BCUT2D eigenvalue weighted by atomic mass is 16.5. The summed E-state index contributed by atoms with van der Waals surface area (Å²) in [4.78, 5) is 11.0. The van der Waals surface area contributed by atoms with E-state index in [1.165, 1.54) is 5.69 Å². The Morgan fingerprint density at radius 2 is 1.92 bits per heavy atom. The van der Waals surface area contributed by atoms with Crippen LogP contribution in [0.3, 0.4) is 0 Å². The molecule has 0 radical (unpaired) electrons. The first-order valence-corrected chi connectivity index (χ1v) is 8.15. The second kappa shape index (κ2) is 7.94. The van der Waals surface area contributed by atoms with E-state index < -0.39 is 0 Å². The van der Waals surface area contributed by atoms with Crippen molar-refractivity contribution in [2.75, 3.05) is 55.0 Å². The van der Waals surface area contributed by atoms with Crippen molar-refractivity contribution in [3.05, 3.63) is 36.0 Å². The molecule has 7 nitrogen and oxygen atoms in total. The highest BCUT2D eigenvalue weighted by molar-refractivity contribution is 5.61. The van der Waals surface area contributed by atoms with Crippen molar-refractivity contribution in [2.45, 2.75) is 6.92 Å². The summed E-state index contributed by atoms with van der Waals surface area (Å²) in [5, 5.41) is 15.2. The van der Waals surface area contributed by atoms with Gasteiger partial charge < -0.3 is 25.4 Å². The normalized spacial score (nSPS) is 14.5. The predicted molar refractivity (Wildman–Crippen MR) is 95.1 cm³/mol. The number of hydrogen-bond acceptors (Lipinski definition) is 7. The van der Waals surface area contributed by atoms with E-state index >= 15 is 0 Å². The smallest absolute Gasteiger partial charge is 0.224 e. The van der Waals surface area contributed by atoms with Gasteiger partial charge in [-0.1, -0.05) is 0 Å². The Hall–Kier alpha value is -2.38. The molecule has 2 aromatic rings. The molecule has 7 heteroatoms. The SMILES string of the molecule is Cc1cc(Nc2ccc(N3CCOCC3)cc2)nc(NCCO)n1. The van der Waals surface area contributed by atoms with Crippen molar-refractivity contribution >= 4 is 23.1 Å². The molecule has 1 fully saturated rings. The molecule has 24 heavy (non-hydrogen) atoms. The topological polar surface area (TPSA) is 82.5 Å². The number of benzene rings is 1. The van der Waals surface area contributed by atoms with Gasteiger partial charge in [0.25, 0.3) is 0 Å². The van der Waals surface area contributed by atoms with Crippen molar-refractivity contribution < 1.29 is 9.84 Å². The van der Waals surface area contributed by atoms with Gasteiger partial charge in [-0.15, -0.1) is 0 Å². The molecule has 0 atom stereocenters. The molecular weight excluding hydrogens is 306 g/mol. The summed E-state index contributed by atoms with van der Waals surface area (Å²) in [5.41, 5.74) is 3.03. The molecule has 1 aromatic heterocycles. The van der Waals surface area contributed by atoms with Crippen LogP contribution in [0.2, 0.25) is 0 Å². The van der Waals surface area contributed by atoms with Gasteiger partial charge in [-0.25, -0.2) is 4.98 Å². The van der Waals surface area contributed by atoms with Crippen LogP contribution in [0.15, 0.2) is 30.3 Å². The number of ether oxygens (including phenoxy) is 1. The number of nitrogens with one attached hydrogen (secondary N) is 2. The second-order valence-electron chi connectivity index (χ2n) is 5.64. The first kappa shape index (κ1) is 16.5. The van der Waals surface area contributed by atoms with Crippen LogP contribution >= 0.6 is 0 Å². The first-order chi connectivity index (χ1) is 11.7. The number of nitrogens with zero attached hydrogens (tertiary/aromatic N) is 3. The van der Waals surface area contributed by atoms with E-state index in [0.717, 1.165) is 43.5 Å². The number of anilines is 4. The van der Waals surface area contributed by atoms with Gasteiger partial charge in [-0.2, -0.15) is 4.98 Å². The highest BCUT2D eigenvalue weighted by Gasteiger charge is 2.11. The fourth-order valence-electron chi connectivity index (χ4n) is 2.60. The molecule has 0 bridgehead atoms. The zero-order valence-corrected chi connectivity index (χ0v) is 13.8. The maximum Gasteiger partial charge on any atom is 0.224 e. The Bertz CT molecular complexity index is 657. The Morgan fingerprint density at radius 1 is 1.17 bits per heavy atom. The molecule has 2 heterocycles. The van der Waals surface area contributed by atoms with Gasteiger partial charge in [-0.3, -0.25) is 0 Å². The average Bonchev–Trinajstić information content (AvgIpc) is 2.61. The molecule has 128 valence electrons. The monoisotopic (exact) mass is 329 g/mol. The molecule has 1 aromatic carbocycles. The molecule has 0 spiro atoms. The van der Waals surface area contributed by atoms with Gasteiger partial charge in [0, 0.05) is 42.8 Å². The van der Waals surface area contributed by atoms with Crippen molar-refractivity contribution in [3.63, 3.8) is 0 Å². The fraction of sp³-hybridized carbons (Fsp3) is 0.412. The van der Waals surface area contributed by atoms with Crippen molar-refractivity contribution in [3.8, 4) is 0 Å². The van der Waals surface area contributed by atoms with Crippen LogP contribution in [0.5, 0.6) is 0 Å². The minimum atomic E-state index is 0.0447. The average molecular weight is 329 g/mol. The summed E-state index contributed by atoms with van der Waals surface area (Å²) in [6.07, 6.45) is 0. The first-order valence-electron chi connectivity index (χ1n) is 8.15. The molecule has 1 aliphatic heterocycles. The van der Waals surface area contributed by atoms with Gasteiger partial charge in [0.15, 0.2) is 0 Å². The van der Waals surface area contributed by atoms with Crippen LogP contribution in [-0.2, 0) is 4.74 Å². The maximum absolute atomic E-state index is 8.89. The minimum absolute atomic E-state index is 0.0447. The summed E-state index contributed by atoms with van der Waals surface area (Å²) >= 11 is 0. The summed E-state index contributed by atoms with van der Waals surface area (Å²) in [5.74, 6) is 1.23. The number of aryl methyl sites for hydroxylation is 1. The van der Waals surface area contributed by atoms with Crippen LogP contribution in [0.25, 0.3) is 0 Å². The third-order valence-electron chi connectivity index (χ3n) is 3.77. The van der Waals surface area contributed by atoms with Gasteiger partial charge >= 0.3 is 0 Å². The molecular formula is C17H23N5O2. The van der Waals surface area contributed by atoms with Crippen LogP contribution in [0, 0.1) is 6.92 Å². The van der Waals surface area contributed by atoms with Crippen molar-refractivity contribution in [2.24, 2.45) is 0 Å². The lowest BCUT2D eigenvalue weighted by atomic mass is 10.2. The number of aliphatic hydroxyl groups is 1. The van der Waals surface area contributed by atoms with E-state index in [1.807, 2.05) is 25.1 Å². The largest absolute Gasteiger partial charge is 0.395 e. The minimum Gasteiger partial charge on any atom is -0.395 e. The van der Waals surface area contributed by atoms with Gasteiger partial charge in [-0.05, 0) is 31.2 Å². The lowest BCUT2D eigenvalue weighted by molar-refractivity contribution is 0.122. The third-order valence-corrected chi connectivity index (χ3v) is 3.77. The standard InChI is InChI=1S/C17H23N5O2/c1-13-12-16(21-17(19-13)18-6-9-23)20-14-2-4-15(5-3-14)22-7-10-24-11-8-22/h2-5,12,23H,6-11H2,1H3,(H2,18,19,20,21). The Morgan fingerprint density at radius 3 is 2.62 bits per heavy atom. The lowest BCUT2D eigenvalue weighted by Crippen LogP contribution is -2.36. The molecule has 0 aliphatic carbocycles. The van der Waals surface area contributed by atoms with E-state index in [0.29, 0.717) is 12.5 Å². The van der Waals surface area contributed by atoms with E-state index in [9.17, 15) is 0 Å². The predicted octanol–water partition coefficient (Wildman–Crippen LogP) is 1.77. The van der Waals surface area contributed by atoms with Crippen LogP contribution in [0.1, 0.15) is 5.69 Å². The van der Waals surface area contributed by atoms with Crippen LogP contribution in [0.4, 0.5) is 23.1 Å². The number of morpholine rings is 1. The van der Waals surface area contributed by atoms with Gasteiger partial charge in [0.2, 0.25) is 5.95 Å². The number of aliphatic hydroxyl groups excluding tert-OH is 1. The lowest BCUT2D eigenvalue weighted by Gasteiger charge is -2.28. The molecule has 1 aliphatic rings. The van der Waals surface area contributed by atoms with Gasteiger partial charge in [0.05, 0.1) is 19.8 Å². The zero-order chi connectivity index (χ0) is 16.8. The van der Waals surface area contributed by atoms with E-state index in [4.69, 9.17) is 9.84 Å². The maximum atomic E-state index is 8.89. The van der Waals surface area contributed by atoms with Crippen LogP contribution < -0.4 is 15.5 Å². The van der Waals surface area contributed by atoms with E-state index in [2.05, 4.69) is 37.6 Å². The molecule has 0 saturated carbocycles. The fourth-order valence-corrected chi connectivity index (χ4v) is 2.60. The molecule has 1 saturated heterocycles. The molecule has 0 amide bonds. The summed E-state index contributed by atoms with van der Waals surface area (Å²) in [6, 6.07) is 10.2. The molecule has 3 rings (SSSR count). The number of hydrogen-bond donors (Lipinski definition) is 3. The molecule has 3 N–H and O–H groups in total. The summed E-state index contributed by atoms with van der Waals surface area (Å²) < 4.78 is 5.38. The van der Waals surface area contributed by atoms with Crippen LogP contribution in [-0.4, -0.2) is 54.5 Å². The Kier molecular flexibility index (Phi) is 5.45. The van der Waals surface area contributed by atoms with Crippen molar-refractivity contribution in [1.29, 1.82) is 0 Å². The third kappa shape index (κ3) is 4.33. The quantitative estimate of drug-likeness (QED) is 0.745. The van der Waals surface area contributed by atoms with Crippen molar-refractivity contribution in [1.82, 2.24) is 9.97 Å². The second-order valence-corrected chi connectivity index (χ2v) is 5.64. The number of rotatable bonds is 6. The highest BCUT2D eigenvalue weighted by Crippen LogP contribution is 2.22. The molecule has 0 unspecified atom stereocenters.